The fourth-order valence-corrected chi connectivity index (χ4v) is 5.09. The molecule has 2 N–H and O–H groups in total. The molecule has 1 aromatic carbocycles. The van der Waals surface area contributed by atoms with E-state index in [-0.39, 0.29) is 23.9 Å². The van der Waals surface area contributed by atoms with Crippen LogP contribution in [0.2, 0.25) is 0 Å². The summed E-state index contributed by atoms with van der Waals surface area (Å²) in [5.74, 6) is -0.169. The van der Waals surface area contributed by atoms with Crippen molar-refractivity contribution in [2.24, 2.45) is 0 Å². The number of urea groups is 1. The van der Waals surface area contributed by atoms with Gasteiger partial charge in [-0.05, 0) is 70.7 Å². The van der Waals surface area contributed by atoms with Crippen molar-refractivity contribution in [3.8, 4) is 5.69 Å². The Kier molecular flexibility index (Phi) is 7.67. The van der Waals surface area contributed by atoms with E-state index in [4.69, 9.17) is 14.2 Å². The summed E-state index contributed by atoms with van der Waals surface area (Å²) >= 11 is 0. The number of nitrogens with one attached hydrogen (secondary N) is 2. The SMILES string of the molecule is COC(CNC(=O)Nc1c2c(nn1-c1cc(C)c(F)c(C)c1)C(F)C1CCC2N1C(=O)OC(C)(C)C)OC. The fourth-order valence-electron chi connectivity index (χ4n) is 5.09. The second-order valence-corrected chi connectivity index (χ2v) is 10.6. The van der Waals surface area contributed by atoms with E-state index < -0.39 is 42.3 Å². The van der Waals surface area contributed by atoms with Crippen molar-refractivity contribution < 1.29 is 32.6 Å². The highest BCUT2D eigenvalue weighted by molar-refractivity contribution is 5.90. The van der Waals surface area contributed by atoms with Crippen LogP contribution in [0.15, 0.2) is 12.1 Å². The third-order valence-corrected chi connectivity index (χ3v) is 6.77. The Morgan fingerprint density at radius 3 is 2.37 bits per heavy atom. The average molecular weight is 536 g/mol. The van der Waals surface area contributed by atoms with Crippen LogP contribution in [0.5, 0.6) is 0 Å². The second kappa shape index (κ2) is 10.5. The van der Waals surface area contributed by atoms with Crippen molar-refractivity contribution in [3.63, 3.8) is 0 Å². The maximum atomic E-state index is 16.0. The minimum absolute atomic E-state index is 0.0468. The highest BCUT2D eigenvalue weighted by atomic mass is 19.1. The number of carbonyl (C=O) groups is 2. The zero-order valence-electron chi connectivity index (χ0n) is 22.7. The average Bonchev–Trinajstić information content (AvgIpc) is 3.40. The third-order valence-electron chi connectivity index (χ3n) is 6.77. The lowest BCUT2D eigenvalue weighted by Gasteiger charge is -2.37. The standard InChI is InChI=1S/C26H35F2N5O5/c1-13-10-15(11-14(2)20(13)27)33-23(30-24(34)29-12-18(36-6)37-7)19-16-8-9-17(21(28)22(19)31-33)32(16)25(35)38-26(3,4)5/h10-11,16-18,21H,8-9,12H2,1-7H3,(H2,29,30,34). The maximum Gasteiger partial charge on any atom is 0.411 e. The molecule has 0 spiro atoms. The van der Waals surface area contributed by atoms with Crippen molar-refractivity contribution in [1.82, 2.24) is 20.0 Å². The van der Waals surface area contributed by atoms with E-state index in [1.807, 2.05) is 0 Å². The lowest BCUT2D eigenvalue weighted by atomic mass is 9.98. The largest absolute Gasteiger partial charge is 0.444 e. The summed E-state index contributed by atoms with van der Waals surface area (Å²) in [5.41, 5.74) is 0.961. The van der Waals surface area contributed by atoms with Crippen LogP contribution in [-0.2, 0) is 14.2 Å². The van der Waals surface area contributed by atoms with Gasteiger partial charge in [0, 0.05) is 19.8 Å². The van der Waals surface area contributed by atoms with E-state index >= 15 is 4.39 Å². The molecular formula is C26H35F2N5O5. The Bertz CT molecular complexity index is 1200. The van der Waals surface area contributed by atoms with Gasteiger partial charge in [0.05, 0.1) is 24.3 Å². The molecule has 2 aromatic rings. The number of rotatable bonds is 6. The number of carbonyl (C=O) groups excluding carboxylic acids is 2. The van der Waals surface area contributed by atoms with Crippen LogP contribution in [0.25, 0.3) is 5.69 Å². The molecule has 0 saturated carbocycles. The molecule has 208 valence electrons. The van der Waals surface area contributed by atoms with Gasteiger partial charge in [0.15, 0.2) is 12.5 Å². The molecule has 0 radical (unpaired) electrons. The number of hydrogen-bond donors (Lipinski definition) is 2. The number of ether oxygens (including phenoxy) is 3. The first-order valence-corrected chi connectivity index (χ1v) is 12.5. The van der Waals surface area contributed by atoms with Crippen molar-refractivity contribution >= 4 is 17.9 Å². The fraction of sp³-hybridized carbons (Fsp3) is 0.577. The van der Waals surface area contributed by atoms with Gasteiger partial charge in [0.2, 0.25) is 0 Å². The van der Waals surface area contributed by atoms with E-state index in [1.54, 1.807) is 46.8 Å². The minimum Gasteiger partial charge on any atom is -0.444 e. The van der Waals surface area contributed by atoms with Gasteiger partial charge in [-0.15, -0.1) is 0 Å². The summed E-state index contributed by atoms with van der Waals surface area (Å²) in [4.78, 5) is 27.5. The van der Waals surface area contributed by atoms with Crippen LogP contribution < -0.4 is 10.6 Å². The smallest absolute Gasteiger partial charge is 0.411 e. The molecule has 1 fully saturated rings. The molecule has 2 aliphatic heterocycles. The number of amides is 3. The van der Waals surface area contributed by atoms with Crippen LogP contribution in [0.1, 0.15) is 68.2 Å². The Balaban J connectivity index is 1.79. The highest BCUT2D eigenvalue weighted by Crippen LogP contribution is 2.52. The predicted octanol–water partition coefficient (Wildman–Crippen LogP) is 4.83. The number of aryl methyl sites for hydroxylation is 2. The van der Waals surface area contributed by atoms with Gasteiger partial charge in [-0.3, -0.25) is 10.2 Å². The molecule has 10 nitrogen and oxygen atoms in total. The van der Waals surface area contributed by atoms with Crippen molar-refractivity contribution in [2.75, 3.05) is 26.1 Å². The number of alkyl halides is 1. The molecular weight excluding hydrogens is 500 g/mol. The highest BCUT2D eigenvalue weighted by Gasteiger charge is 2.53. The molecule has 3 amide bonds. The number of hydrogen-bond acceptors (Lipinski definition) is 6. The van der Waals surface area contributed by atoms with Crippen molar-refractivity contribution in [3.05, 3.63) is 40.3 Å². The Morgan fingerprint density at radius 1 is 1.16 bits per heavy atom. The number of fused-ring (bicyclic) bond motifs is 4. The van der Waals surface area contributed by atoms with E-state index in [0.717, 1.165) is 0 Å². The first kappa shape index (κ1) is 27.8. The summed E-state index contributed by atoms with van der Waals surface area (Å²) in [7, 11) is 2.89. The first-order chi connectivity index (χ1) is 17.9. The molecule has 0 aliphatic carbocycles. The van der Waals surface area contributed by atoms with E-state index in [1.165, 1.54) is 23.8 Å². The summed E-state index contributed by atoms with van der Waals surface area (Å²) in [5, 5.41) is 10.00. The van der Waals surface area contributed by atoms with Gasteiger partial charge >= 0.3 is 12.1 Å². The summed E-state index contributed by atoms with van der Waals surface area (Å²) in [6.45, 7) is 8.53. The lowest BCUT2D eigenvalue weighted by molar-refractivity contribution is -0.0970. The van der Waals surface area contributed by atoms with Gasteiger partial charge in [0.1, 0.15) is 22.9 Å². The minimum atomic E-state index is -1.60. The van der Waals surface area contributed by atoms with Crippen LogP contribution in [-0.4, -0.2) is 65.5 Å². The summed E-state index contributed by atoms with van der Waals surface area (Å²) in [6, 6.07) is 1.24. The zero-order chi connectivity index (χ0) is 27.9. The molecule has 1 aromatic heterocycles. The van der Waals surface area contributed by atoms with Crippen LogP contribution in [0.4, 0.5) is 24.2 Å². The Morgan fingerprint density at radius 2 is 1.79 bits per heavy atom. The quantitative estimate of drug-likeness (QED) is 0.513. The molecule has 12 heteroatoms. The van der Waals surface area contributed by atoms with Crippen molar-refractivity contribution in [1.29, 1.82) is 0 Å². The maximum absolute atomic E-state index is 16.0. The van der Waals surface area contributed by atoms with Gasteiger partial charge in [-0.2, -0.15) is 5.10 Å². The van der Waals surface area contributed by atoms with E-state index in [2.05, 4.69) is 15.7 Å². The molecule has 3 unspecified atom stereocenters. The molecule has 4 rings (SSSR count). The number of methoxy groups -OCH3 is 2. The van der Waals surface area contributed by atoms with Gasteiger partial charge in [-0.25, -0.2) is 23.1 Å². The molecule has 2 aliphatic rings. The predicted molar refractivity (Wildman–Crippen MR) is 136 cm³/mol. The summed E-state index contributed by atoms with van der Waals surface area (Å²) < 4.78 is 47.6. The van der Waals surface area contributed by atoms with Gasteiger partial charge < -0.3 is 19.5 Å². The van der Waals surface area contributed by atoms with Crippen LogP contribution in [0, 0.1) is 19.7 Å². The molecule has 3 atom stereocenters. The number of halogens is 2. The molecule has 2 bridgehead atoms. The van der Waals surface area contributed by atoms with Gasteiger partial charge in [-0.1, -0.05) is 0 Å². The number of benzene rings is 1. The topological polar surface area (TPSA) is 107 Å². The van der Waals surface area contributed by atoms with E-state index in [0.29, 0.717) is 35.2 Å². The van der Waals surface area contributed by atoms with Crippen molar-refractivity contribution in [2.45, 2.75) is 77.6 Å². The number of nitrogens with zero attached hydrogens (tertiary/aromatic N) is 3. The van der Waals surface area contributed by atoms with Crippen LogP contribution >= 0.6 is 0 Å². The Labute approximate surface area is 220 Å². The zero-order valence-corrected chi connectivity index (χ0v) is 22.7. The molecule has 38 heavy (non-hydrogen) atoms. The molecule has 1 saturated heterocycles. The van der Waals surface area contributed by atoms with E-state index in [9.17, 15) is 14.0 Å². The second-order valence-electron chi connectivity index (χ2n) is 10.6. The lowest BCUT2D eigenvalue weighted by Crippen LogP contribution is -2.45. The third kappa shape index (κ3) is 5.19. The number of aromatic nitrogens is 2. The Hall–Kier alpha value is -3.25. The molecule has 3 heterocycles. The number of anilines is 1. The first-order valence-electron chi connectivity index (χ1n) is 12.5. The monoisotopic (exact) mass is 535 g/mol. The summed E-state index contributed by atoms with van der Waals surface area (Å²) in [6.07, 6.45) is -2.01. The van der Waals surface area contributed by atoms with Crippen LogP contribution in [0.3, 0.4) is 0 Å². The van der Waals surface area contributed by atoms with Gasteiger partial charge in [0.25, 0.3) is 0 Å². The normalized spacial score (nSPS) is 20.5.